The van der Waals surface area contributed by atoms with Gasteiger partial charge >= 0.3 is 0 Å². The number of aliphatic imine (C=N–C) groups is 1. The van der Waals surface area contributed by atoms with Crippen molar-refractivity contribution in [3.8, 4) is 0 Å². The lowest BCUT2D eigenvalue weighted by Crippen LogP contribution is -2.43. The van der Waals surface area contributed by atoms with Gasteiger partial charge < -0.3 is 10.2 Å². The molecule has 0 aliphatic carbocycles. The van der Waals surface area contributed by atoms with Crippen LogP contribution in [0.3, 0.4) is 0 Å². The summed E-state index contributed by atoms with van der Waals surface area (Å²) in [4.78, 5) is 9.92. The van der Waals surface area contributed by atoms with E-state index in [0.717, 1.165) is 37.6 Å². The van der Waals surface area contributed by atoms with Gasteiger partial charge in [0.1, 0.15) is 0 Å². The number of benzene rings is 1. The minimum atomic E-state index is -3.34. The normalized spacial score (nSPS) is 21.4. The van der Waals surface area contributed by atoms with Crippen LogP contribution in [0.1, 0.15) is 52.5 Å². The summed E-state index contributed by atoms with van der Waals surface area (Å²) >= 11 is 0. The summed E-state index contributed by atoms with van der Waals surface area (Å²) in [5, 5.41) is 3.35. The zero-order valence-electron chi connectivity index (χ0n) is 19.0. The zero-order chi connectivity index (χ0) is 21.8. The average molecular weight is 435 g/mol. The third-order valence-electron chi connectivity index (χ3n) is 6.16. The maximum atomic E-state index is 12.8. The van der Waals surface area contributed by atoms with Crippen LogP contribution < -0.4 is 5.32 Å². The molecular formula is C23H38N4O2S. The van der Waals surface area contributed by atoms with Crippen molar-refractivity contribution >= 4 is 15.8 Å². The van der Waals surface area contributed by atoms with E-state index in [2.05, 4.69) is 47.8 Å². The van der Waals surface area contributed by atoms with Gasteiger partial charge in [-0.25, -0.2) is 8.42 Å². The van der Waals surface area contributed by atoms with E-state index in [-0.39, 0.29) is 17.7 Å². The van der Waals surface area contributed by atoms with Crippen molar-refractivity contribution in [2.24, 2.45) is 4.99 Å². The standard InChI is InChI=1S/C23H38N4O2S/c1-5-24-22(27-16-12-20(18-27)26-14-6-7-15-26)25-13-17-30(28,29)21-10-8-19(9-11-21)23(2,3)4/h8-11,20H,5-7,12-18H2,1-4H3,(H,24,25). The van der Waals surface area contributed by atoms with Crippen molar-refractivity contribution in [3.05, 3.63) is 29.8 Å². The predicted octanol–water partition coefficient (Wildman–Crippen LogP) is 2.89. The number of nitrogens with zero attached hydrogens (tertiary/aromatic N) is 3. The summed E-state index contributed by atoms with van der Waals surface area (Å²) in [5.41, 5.74) is 1.14. The van der Waals surface area contributed by atoms with E-state index in [1.807, 2.05) is 12.1 Å². The Labute approximate surface area is 182 Å². The molecule has 7 heteroatoms. The van der Waals surface area contributed by atoms with Crippen LogP contribution in [0.2, 0.25) is 0 Å². The molecule has 0 saturated carbocycles. The Morgan fingerprint density at radius 3 is 2.40 bits per heavy atom. The topological polar surface area (TPSA) is 65.0 Å². The number of likely N-dealkylation sites (tertiary alicyclic amines) is 2. The number of guanidine groups is 1. The molecule has 1 atom stereocenters. The van der Waals surface area contributed by atoms with E-state index in [9.17, 15) is 8.42 Å². The number of nitrogens with one attached hydrogen (secondary N) is 1. The molecule has 1 N–H and O–H groups in total. The molecule has 0 radical (unpaired) electrons. The molecule has 2 aliphatic heterocycles. The second-order valence-corrected chi connectivity index (χ2v) is 11.6. The summed E-state index contributed by atoms with van der Waals surface area (Å²) in [7, 11) is -3.34. The van der Waals surface area contributed by atoms with E-state index < -0.39 is 9.84 Å². The van der Waals surface area contributed by atoms with Gasteiger partial charge in [0, 0.05) is 25.7 Å². The number of rotatable bonds is 6. The fourth-order valence-corrected chi connectivity index (χ4v) is 5.43. The monoisotopic (exact) mass is 434 g/mol. The highest BCUT2D eigenvalue weighted by atomic mass is 32.2. The first-order chi connectivity index (χ1) is 14.2. The SMILES string of the molecule is CCNC(=NCCS(=O)(=O)c1ccc(C(C)(C)C)cc1)N1CCC(N2CCCC2)C1. The molecule has 2 saturated heterocycles. The molecule has 168 valence electrons. The molecule has 1 unspecified atom stereocenters. The maximum Gasteiger partial charge on any atom is 0.194 e. The Morgan fingerprint density at radius 2 is 1.80 bits per heavy atom. The van der Waals surface area contributed by atoms with Gasteiger partial charge in [0.2, 0.25) is 0 Å². The van der Waals surface area contributed by atoms with Gasteiger partial charge in [0.15, 0.2) is 15.8 Å². The largest absolute Gasteiger partial charge is 0.357 e. The third-order valence-corrected chi connectivity index (χ3v) is 7.87. The smallest absolute Gasteiger partial charge is 0.194 e. The van der Waals surface area contributed by atoms with Crippen LogP contribution in [-0.2, 0) is 15.3 Å². The molecule has 0 amide bonds. The molecule has 2 aliphatic rings. The van der Waals surface area contributed by atoms with Crippen molar-refractivity contribution < 1.29 is 8.42 Å². The maximum absolute atomic E-state index is 12.8. The molecule has 2 heterocycles. The number of hydrogen-bond donors (Lipinski definition) is 1. The number of sulfone groups is 1. The quantitative estimate of drug-likeness (QED) is 0.551. The van der Waals surface area contributed by atoms with Crippen molar-refractivity contribution in [2.45, 2.75) is 63.3 Å². The summed E-state index contributed by atoms with van der Waals surface area (Å²) in [6.07, 6.45) is 3.77. The van der Waals surface area contributed by atoms with Crippen LogP contribution in [0.15, 0.2) is 34.2 Å². The van der Waals surface area contributed by atoms with Crippen LogP contribution in [0.4, 0.5) is 0 Å². The summed E-state index contributed by atoms with van der Waals surface area (Å²) in [5.74, 6) is 0.873. The second kappa shape index (κ2) is 9.69. The van der Waals surface area contributed by atoms with Crippen molar-refractivity contribution in [1.29, 1.82) is 0 Å². The third kappa shape index (κ3) is 5.76. The van der Waals surface area contributed by atoms with Crippen LogP contribution in [0.25, 0.3) is 0 Å². The Bertz CT molecular complexity index is 822. The molecule has 6 nitrogen and oxygen atoms in total. The van der Waals surface area contributed by atoms with Crippen LogP contribution in [0.5, 0.6) is 0 Å². The van der Waals surface area contributed by atoms with Gasteiger partial charge in [-0.15, -0.1) is 0 Å². The highest BCUT2D eigenvalue weighted by Gasteiger charge is 2.30. The molecule has 0 spiro atoms. The Balaban J connectivity index is 1.60. The molecule has 30 heavy (non-hydrogen) atoms. The van der Waals surface area contributed by atoms with Gasteiger partial charge in [0.05, 0.1) is 17.2 Å². The van der Waals surface area contributed by atoms with E-state index in [0.29, 0.717) is 10.9 Å². The summed E-state index contributed by atoms with van der Waals surface area (Å²) in [6.45, 7) is 13.9. The summed E-state index contributed by atoms with van der Waals surface area (Å²) < 4.78 is 25.5. The lowest BCUT2D eigenvalue weighted by molar-refractivity contribution is 0.249. The van der Waals surface area contributed by atoms with Gasteiger partial charge in [-0.3, -0.25) is 9.89 Å². The molecular weight excluding hydrogens is 396 g/mol. The fourth-order valence-electron chi connectivity index (χ4n) is 4.32. The summed E-state index contributed by atoms with van der Waals surface area (Å²) in [6, 6.07) is 7.89. The van der Waals surface area contributed by atoms with E-state index >= 15 is 0 Å². The van der Waals surface area contributed by atoms with Gasteiger partial charge in [-0.2, -0.15) is 0 Å². The lowest BCUT2D eigenvalue weighted by atomic mass is 9.87. The minimum absolute atomic E-state index is 0.00989. The van der Waals surface area contributed by atoms with Crippen LogP contribution >= 0.6 is 0 Å². The molecule has 0 aromatic heterocycles. The van der Waals surface area contributed by atoms with Gasteiger partial charge in [0.25, 0.3) is 0 Å². The van der Waals surface area contributed by atoms with Crippen molar-refractivity contribution in [1.82, 2.24) is 15.1 Å². The predicted molar refractivity (Wildman–Crippen MR) is 124 cm³/mol. The van der Waals surface area contributed by atoms with Crippen LogP contribution in [0, 0.1) is 0 Å². The molecule has 1 aromatic rings. The Hall–Kier alpha value is -1.60. The fraction of sp³-hybridized carbons (Fsp3) is 0.696. The average Bonchev–Trinajstić information content (AvgIpc) is 3.38. The Morgan fingerprint density at radius 1 is 1.13 bits per heavy atom. The molecule has 1 aromatic carbocycles. The lowest BCUT2D eigenvalue weighted by Gasteiger charge is -2.25. The first-order valence-electron chi connectivity index (χ1n) is 11.3. The van der Waals surface area contributed by atoms with Crippen molar-refractivity contribution in [3.63, 3.8) is 0 Å². The second-order valence-electron chi connectivity index (χ2n) is 9.46. The molecule has 0 bridgehead atoms. The highest BCUT2D eigenvalue weighted by Crippen LogP contribution is 2.24. The van der Waals surface area contributed by atoms with Crippen LogP contribution in [-0.4, -0.2) is 75.2 Å². The van der Waals surface area contributed by atoms with Crippen molar-refractivity contribution in [2.75, 3.05) is 45.0 Å². The van der Waals surface area contributed by atoms with E-state index in [1.54, 1.807) is 12.1 Å². The highest BCUT2D eigenvalue weighted by molar-refractivity contribution is 7.91. The van der Waals surface area contributed by atoms with E-state index in [1.165, 1.54) is 25.9 Å². The van der Waals surface area contributed by atoms with Gasteiger partial charge in [-0.1, -0.05) is 32.9 Å². The molecule has 3 rings (SSSR count). The van der Waals surface area contributed by atoms with E-state index in [4.69, 9.17) is 0 Å². The minimum Gasteiger partial charge on any atom is -0.357 e. The molecule has 2 fully saturated rings. The first kappa shape index (κ1) is 23.1. The first-order valence-corrected chi connectivity index (χ1v) is 13.0. The van der Waals surface area contributed by atoms with Gasteiger partial charge in [-0.05, 0) is 62.4 Å². The number of hydrogen-bond acceptors (Lipinski definition) is 4. The Kier molecular flexibility index (Phi) is 7.45. The zero-order valence-corrected chi connectivity index (χ0v) is 19.8.